The van der Waals surface area contributed by atoms with Crippen molar-refractivity contribution >= 4 is 21.4 Å². The fraction of sp³-hybridized carbons (Fsp3) is 0.526. The molecule has 5 nitrogen and oxygen atoms in total. The quantitative estimate of drug-likeness (QED) is 0.752. The summed E-state index contributed by atoms with van der Waals surface area (Å²) in [4.78, 5) is 5.91. The lowest BCUT2D eigenvalue weighted by Crippen LogP contribution is -2.39. The van der Waals surface area contributed by atoms with Gasteiger partial charge in [0, 0.05) is 23.9 Å². The summed E-state index contributed by atoms with van der Waals surface area (Å²) in [7, 11) is -1.62. The van der Waals surface area contributed by atoms with Crippen molar-refractivity contribution in [2.75, 3.05) is 26.0 Å². The van der Waals surface area contributed by atoms with Gasteiger partial charge in [-0.1, -0.05) is 12.1 Å². The Morgan fingerprint density at radius 1 is 1.27 bits per heavy atom. The van der Waals surface area contributed by atoms with Crippen LogP contribution >= 0.6 is 11.3 Å². The molecule has 0 bridgehead atoms. The molecule has 1 aliphatic heterocycles. The molecule has 1 aliphatic rings. The monoisotopic (exact) mass is 394 g/mol. The van der Waals surface area contributed by atoms with E-state index in [1.807, 2.05) is 31.2 Å². The molecule has 0 radical (unpaired) electrons. The first kappa shape index (κ1) is 19.3. The highest BCUT2D eigenvalue weighted by atomic mass is 32.2. The Bertz CT molecular complexity index is 834. The Kier molecular flexibility index (Phi) is 5.99. The van der Waals surface area contributed by atoms with Crippen LogP contribution in [0.1, 0.15) is 39.9 Å². The maximum absolute atomic E-state index is 12.7. The van der Waals surface area contributed by atoms with Gasteiger partial charge in [0.2, 0.25) is 10.0 Å². The van der Waals surface area contributed by atoms with Crippen molar-refractivity contribution in [2.24, 2.45) is 0 Å². The van der Waals surface area contributed by atoms with E-state index in [-0.39, 0.29) is 5.75 Å². The summed E-state index contributed by atoms with van der Waals surface area (Å²) < 4.78 is 32.2. The molecule has 1 aromatic carbocycles. The van der Waals surface area contributed by atoms with Crippen LogP contribution in [-0.4, -0.2) is 43.7 Å². The zero-order chi connectivity index (χ0) is 18.7. The Balaban J connectivity index is 1.57. The highest BCUT2D eigenvalue weighted by molar-refractivity contribution is 7.89. The second-order valence-corrected chi connectivity index (χ2v) is 10.1. The first-order valence-electron chi connectivity index (χ1n) is 8.93. The van der Waals surface area contributed by atoms with Crippen LogP contribution in [0.25, 0.3) is 0 Å². The number of aryl methyl sites for hydroxylation is 3. The van der Waals surface area contributed by atoms with Crippen LogP contribution in [-0.2, 0) is 16.4 Å². The predicted octanol–water partition coefficient (Wildman–Crippen LogP) is 3.52. The van der Waals surface area contributed by atoms with Crippen LogP contribution in [0.15, 0.2) is 24.3 Å². The maximum Gasteiger partial charge on any atom is 0.214 e. The summed E-state index contributed by atoms with van der Waals surface area (Å²) in [6.45, 7) is 5.30. The number of sulfonamides is 1. The summed E-state index contributed by atoms with van der Waals surface area (Å²) in [6.07, 6.45) is 2.21. The largest absolute Gasteiger partial charge is 0.497 e. The molecule has 3 rings (SSSR count). The molecule has 0 spiro atoms. The second kappa shape index (κ2) is 8.06. The molecule has 0 N–H and O–H groups in total. The molecular weight excluding hydrogens is 368 g/mol. The topological polar surface area (TPSA) is 59.5 Å². The lowest BCUT2D eigenvalue weighted by atomic mass is 9.99. The Hall–Kier alpha value is -1.44. The summed E-state index contributed by atoms with van der Waals surface area (Å²) >= 11 is 1.75. The van der Waals surface area contributed by atoms with E-state index < -0.39 is 10.0 Å². The number of nitrogens with zero attached hydrogens (tertiary/aromatic N) is 2. The molecule has 0 saturated carbocycles. The normalized spacial score (nSPS) is 16.7. The molecule has 0 atom stereocenters. The Morgan fingerprint density at radius 3 is 2.62 bits per heavy atom. The third kappa shape index (κ3) is 4.45. The molecular formula is C19H26N2O3S2. The minimum atomic E-state index is -3.23. The standard InChI is InChI=1S/C19H26N2O3S2/c1-14-15(2)25-19(20-14)17-7-10-21(11-8-17)26(22,23)12-9-16-5-4-6-18(13-16)24-3/h4-6,13,17H,7-12H2,1-3H3. The second-order valence-electron chi connectivity index (χ2n) is 6.78. The minimum Gasteiger partial charge on any atom is -0.497 e. The molecule has 0 unspecified atom stereocenters. The van der Waals surface area contributed by atoms with Gasteiger partial charge in [0.25, 0.3) is 0 Å². The van der Waals surface area contributed by atoms with Gasteiger partial charge in [0.1, 0.15) is 5.75 Å². The molecule has 7 heteroatoms. The van der Waals surface area contributed by atoms with Gasteiger partial charge in [-0.2, -0.15) is 0 Å². The number of rotatable bonds is 6. The maximum atomic E-state index is 12.7. The summed E-state index contributed by atoms with van der Waals surface area (Å²) in [6, 6.07) is 7.60. The number of thiazole rings is 1. The van der Waals surface area contributed by atoms with Crippen molar-refractivity contribution < 1.29 is 13.2 Å². The van der Waals surface area contributed by atoms with Crippen LogP contribution in [0, 0.1) is 13.8 Å². The number of hydrogen-bond donors (Lipinski definition) is 0. The third-order valence-corrected chi connectivity index (χ3v) is 8.13. The fourth-order valence-electron chi connectivity index (χ4n) is 3.26. The number of piperidine rings is 1. The van der Waals surface area contributed by atoms with Crippen molar-refractivity contribution in [3.8, 4) is 5.75 Å². The van der Waals surface area contributed by atoms with Crippen molar-refractivity contribution in [1.29, 1.82) is 0 Å². The Labute approximate surface area is 160 Å². The van der Waals surface area contributed by atoms with E-state index >= 15 is 0 Å². The van der Waals surface area contributed by atoms with Gasteiger partial charge in [0.15, 0.2) is 0 Å². The number of hydrogen-bond acceptors (Lipinski definition) is 5. The van der Waals surface area contributed by atoms with Crippen LogP contribution in [0.3, 0.4) is 0 Å². The van der Waals surface area contributed by atoms with E-state index in [2.05, 4.69) is 11.9 Å². The molecule has 2 heterocycles. The zero-order valence-electron chi connectivity index (χ0n) is 15.6. The molecule has 2 aromatic rings. The minimum absolute atomic E-state index is 0.139. The molecule has 1 aromatic heterocycles. The van der Waals surface area contributed by atoms with Gasteiger partial charge in [-0.25, -0.2) is 17.7 Å². The first-order valence-corrected chi connectivity index (χ1v) is 11.4. The number of ether oxygens (including phenoxy) is 1. The van der Waals surface area contributed by atoms with Gasteiger partial charge < -0.3 is 4.74 Å². The third-order valence-electron chi connectivity index (χ3n) is 5.02. The van der Waals surface area contributed by atoms with Gasteiger partial charge in [-0.15, -0.1) is 11.3 Å². The SMILES string of the molecule is COc1cccc(CCS(=O)(=O)N2CCC(c3nc(C)c(C)s3)CC2)c1. The van der Waals surface area contributed by atoms with Crippen LogP contribution < -0.4 is 4.74 Å². The first-order chi connectivity index (χ1) is 12.4. The average molecular weight is 395 g/mol. The van der Waals surface area contributed by atoms with Crippen LogP contribution in [0.5, 0.6) is 5.75 Å². The molecule has 0 aliphatic carbocycles. The van der Waals surface area contributed by atoms with E-state index in [9.17, 15) is 8.42 Å². The van der Waals surface area contributed by atoms with Crippen molar-refractivity contribution in [2.45, 2.75) is 39.0 Å². The number of methoxy groups -OCH3 is 1. The Morgan fingerprint density at radius 2 is 2.00 bits per heavy atom. The fourth-order valence-corrected chi connectivity index (χ4v) is 5.87. The lowest BCUT2D eigenvalue weighted by molar-refractivity contribution is 0.319. The number of benzene rings is 1. The smallest absolute Gasteiger partial charge is 0.214 e. The van der Waals surface area contributed by atoms with Crippen molar-refractivity contribution in [1.82, 2.24) is 9.29 Å². The lowest BCUT2D eigenvalue weighted by Gasteiger charge is -2.30. The predicted molar refractivity (Wildman–Crippen MR) is 106 cm³/mol. The van der Waals surface area contributed by atoms with Gasteiger partial charge in [-0.05, 0) is 50.8 Å². The van der Waals surface area contributed by atoms with E-state index in [0.29, 0.717) is 25.4 Å². The van der Waals surface area contributed by atoms with E-state index in [1.54, 1.807) is 22.8 Å². The van der Waals surface area contributed by atoms with Crippen LogP contribution in [0.4, 0.5) is 0 Å². The average Bonchev–Trinajstić information content (AvgIpc) is 2.99. The highest BCUT2D eigenvalue weighted by Gasteiger charge is 2.29. The zero-order valence-corrected chi connectivity index (χ0v) is 17.2. The van der Waals surface area contributed by atoms with Crippen molar-refractivity contribution in [3.05, 3.63) is 45.4 Å². The van der Waals surface area contributed by atoms with Crippen molar-refractivity contribution in [3.63, 3.8) is 0 Å². The van der Waals surface area contributed by atoms with Gasteiger partial charge in [0.05, 0.1) is 23.6 Å². The molecule has 0 amide bonds. The summed E-state index contributed by atoms with van der Waals surface area (Å²) in [5, 5.41) is 1.16. The summed E-state index contributed by atoms with van der Waals surface area (Å²) in [5.74, 6) is 1.28. The molecule has 142 valence electrons. The van der Waals surface area contributed by atoms with Gasteiger partial charge >= 0.3 is 0 Å². The van der Waals surface area contributed by atoms with Gasteiger partial charge in [-0.3, -0.25) is 0 Å². The van der Waals surface area contributed by atoms with E-state index in [4.69, 9.17) is 4.74 Å². The van der Waals surface area contributed by atoms with Crippen LogP contribution in [0.2, 0.25) is 0 Å². The molecule has 1 fully saturated rings. The molecule has 26 heavy (non-hydrogen) atoms. The summed E-state index contributed by atoms with van der Waals surface area (Å²) in [5.41, 5.74) is 2.08. The molecule has 1 saturated heterocycles. The highest BCUT2D eigenvalue weighted by Crippen LogP contribution is 2.33. The van der Waals surface area contributed by atoms with E-state index in [1.165, 1.54) is 4.88 Å². The van der Waals surface area contributed by atoms with E-state index in [0.717, 1.165) is 34.9 Å². The number of aromatic nitrogens is 1.